The van der Waals surface area contributed by atoms with Gasteiger partial charge in [-0.3, -0.25) is 4.79 Å². The van der Waals surface area contributed by atoms with E-state index in [0.717, 1.165) is 5.39 Å². The molecule has 4 rings (SSSR count). The van der Waals surface area contributed by atoms with Gasteiger partial charge in [0.2, 0.25) is 4.77 Å². The van der Waals surface area contributed by atoms with Crippen molar-refractivity contribution in [3.05, 3.63) is 69.5 Å². The van der Waals surface area contributed by atoms with Crippen molar-refractivity contribution in [2.45, 2.75) is 0 Å². The summed E-state index contributed by atoms with van der Waals surface area (Å²) >= 11 is 5.26. The summed E-state index contributed by atoms with van der Waals surface area (Å²) in [6.45, 7) is 0. The van der Waals surface area contributed by atoms with Crippen LogP contribution >= 0.6 is 12.2 Å². The molecule has 0 saturated carbocycles. The van der Waals surface area contributed by atoms with Crippen molar-refractivity contribution < 1.29 is 4.39 Å². The molecule has 0 saturated heterocycles. The topological polar surface area (TPSA) is 63.0 Å². The zero-order chi connectivity index (χ0) is 16.0. The van der Waals surface area contributed by atoms with E-state index in [1.54, 1.807) is 0 Å². The molecule has 7 heteroatoms. The van der Waals surface area contributed by atoms with Crippen LogP contribution in [0.1, 0.15) is 0 Å². The Balaban J connectivity index is 2.10. The van der Waals surface area contributed by atoms with E-state index in [4.69, 9.17) is 12.2 Å². The monoisotopic (exact) mass is 324 g/mol. The molecule has 0 unspecified atom stereocenters. The van der Waals surface area contributed by atoms with Crippen LogP contribution in [-0.2, 0) is 0 Å². The second-order valence-electron chi connectivity index (χ2n) is 4.98. The lowest BCUT2D eigenvalue weighted by Crippen LogP contribution is -2.17. The molecule has 0 aliphatic rings. The summed E-state index contributed by atoms with van der Waals surface area (Å²) in [5.74, 6) is -0.379. The van der Waals surface area contributed by atoms with Crippen molar-refractivity contribution in [3.63, 3.8) is 0 Å². The first-order valence-corrected chi connectivity index (χ1v) is 7.22. The third kappa shape index (κ3) is 2.22. The third-order valence-electron chi connectivity index (χ3n) is 3.53. The van der Waals surface area contributed by atoms with Gasteiger partial charge < -0.3 is 4.98 Å². The molecule has 112 valence electrons. The number of nitrogens with one attached hydrogen (secondary N) is 1. The number of rotatable bonds is 1. The highest BCUT2D eigenvalue weighted by atomic mass is 32.1. The highest BCUT2D eigenvalue weighted by Gasteiger charge is 2.11. The molecule has 2 aromatic heterocycles. The van der Waals surface area contributed by atoms with Crippen LogP contribution < -0.4 is 5.56 Å². The van der Waals surface area contributed by atoms with Gasteiger partial charge in [0, 0.05) is 10.9 Å². The summed E-state index contributed by atoms with van der Waals surface area (Å²) < 4.78 is 14.7. The number of aromatic amines is 1. The van der Waals surface area contributed by atoms with Crippen molar-refractivity contribution in [2.24, 2.45) is 0 Å². The van der Waals surface area contributed by atoms with Crippen LogP contribution in [0, 0.1) is 10.6 Å². The minimum atomic E-state index is -0.379. The van der Waals surface area contributed by atoms with Crippen LogP contribution in [0.3, 0.4) is 0 Å². The lowest BCUT2D eigenvalue weighted by Gasteiger charge is -2.07. The van der Waals surface area contributed by atoms with Crippen molar-refractivity contribution in [3.8, 4) is 11.3 Å². The molecular weight excluding hydrogens is 315 g/mol. The van der Waals surface area contributed by atoms with Crippen LogP contribution in [0.2, 0.25) is 0 Å². The molecule has 0 aliphatic heterocycles. The summed E-state index contributed by atoms with van der Waals surface area (Å²) in [7, 11) is 0. The van der Waals surface area contributed by atoms with Gasteiger partial charge in [0.05, 0.1) is 5.52 Å². The maximum atomic E-state index is 13.1. The quantitative estimate of drug-likeness (QED) is 0.432. The van der Waals surface area contributed by atoms with Crippen molar-refractivity contribution in [1.82, 2.24) is 19.6 Å². The molecule has 0 radical (unpaired) electrons. The Bertz CT molecular complexity index is 1160. The Kier molecular flexibility index (Phi) is 3.02. The van der Waals surface area contributed by atoms with Gasteiger partial charge in [-0.15, -0.1) is 0 Å². The molecule has 0 atom stereocenters. The number of halogens is 1. The molecule has 23 heavy (non-hydrogen) atoms. The van der Waals surface area contributed by atoms with E-state index in [-0.39, 0.29) is 21.8 Å². The van der Waals surface area contributed by atoms with E-state index < -0.39 is 0 Å². The van der Waals surface area contributed by atoms with E-state index in [0.29, 0.717) is 16.7 Å². The summed E-state index contributed by atoms with van der Waals surface area (Å²) in [4.78, 5) is 19.5. The Hall–Kier alpha value is -2.93. The zero-order valence-corrected chi connectivity index (χ0v) is 12.5. The molecule has 0 fully saturated rings. The van der Waals surface area contributed by atoms with E-state index in [2.05, 4.69) is 15.1 Å². The first-order valence-electron chi connectivity index (χ1n) is 6.81. The van der Waals surface area contributed by atoms with E-state index in [9.17, 15) is 9.18 Å². The number of hydrogen-bond donors (Lipinski definition) is 1. The smallest absolute Gasteiger partial charge is 0.277 e. The van der Waals surface area contributed by atoms with Crippen LogP contribution in [0.15, 0.2) is 53.3 Å². The van der Waals surface area contributed by atoms with Gasteiger partial charge in [-0.1, -0.05) is 12.1 Å². The zero-order valence-electron chi connectivity index (χ0n) is 11.7. The molecule has 0 bridgehead atoms. The lowest BCUT2D eigenvalue weighted by atomic mass is 10.1. The molecule has 5 nitrogen and oxygen atoms in total. The Morgan fingerprint density at radius 1 is 1.09 bits per heavy atom. The number of aromatic nitrogens is 4. The second kappa shape index (κ2) is 5.06. The summed E-state index contributed by atoms with van der Waals surface area (Å²) in [6.07, 6.45) is 0. The molecule has 2 heterocycles. The SMILES string of the molecule is O=c1[nH]c2c3ccccc3nc(=S)n2nc1-c1ccc(F)cc1. The van der Waals surface area contributed by atoms with Gasteiger partial charge in [0.15, 0.2) is 5.69 Å². The minimum Gasteiger partial charge on any atom is -0.304 e. The fourth-order valence-corrected chi connectivity index (χ4v) is 2.68. The van der Waals surface area contributed by atoms with Crippen molar-refractivity contribution in [1.29, 1.82) is 0 Å². The van der Waals surface area contributed by atoms with E-state index in [1.165, 1.54) is 28.8 Å². The highest BCUT2D eigenvalue weighted by molar-refractivity contribution is 7.71. The molecule has 4 aromatic rings. The maximum Gasteiger partial charge on any atom is 0.277 e. The maximum absolute atomic E-state index is 13.1. The fourth-order valence-electron chi connectivity index (χ4n) is 2.45. The van der Waals surface area contributed by atoms with Gasteiger partial charge in [-0.25, -0.2) is 9.37 Å². The normalized spacial score (nSPS) is 11.2. The number of hydrogen-bond acceptors (Lipinski definition) is 4. The average molecular weight is 324 g/mol. The molecule has 0 amide bonds. The first kappa shape index (κ1) is 13.7. The molecule has 0 aliphatic carbocycles. The van der Waals surface area contributed by atoms with Gasteiger partial charge in [-0.2, -0.15) is 9.61 Å². The molecule has 1 N–H and O–H groups in total. The number of H-pyrrole nitrogens is 1. The van der Waals surface area contributed by atoms with E-state index in [1.807, 2.05) is 24.3 Å². The van der Waals surface area contributed by atoms with Crippen LogP contribution in [-0.4, -0.2) is 19.6 Å². The van der Waals surface area contributed by atoms with Crippen molar-refractivity contribution >= 4 is 28.8 Å². The minimum absolute atomic E-state index is 0.158. The van der Waals surface area contributed by atoms with Gasteiger partial charge in [0.25, 0.3) is 5.56 Å². The standard InChI is InChI=1S/C16H9FN4OS/c17-10-7-5-9(6-8-10)13-15(22)19-14-11-3-1-2-4-12(11)18-16(23)21(14)20-13/h1-8H,(H,19,22). The number of para-hydroxylation sites is 1. The Morgan fingerprint density at radius 2 is 1.83 bits per heavy atom. The van der Waals surface area contributed by atoms with E-state index >= 15 is 0 Å². The van der Waals surface area contributed by atoms with Crippen LogP contribution in [0.4, 0.5) is 4.39 Å². The predicted molar refractivity (Wildman–Crippen MR) is 87.3 cm³/mol. The Morgan fingerprint density at radius 3 is 2.61 bits per heavy atom. The third-order valence-corrected chi connectivity index (χ3v) is 3.80. The average Bonchev–Trinajstić information content (AvgIpc) is 2.55. The lowest BCUT2D eigenvalue weighted by molar-refractivity contribution is 0.628. The largest absolute Gasteiger partial charge is 0.304 e. The first-order chi connectivity index (χ1) is 11.1. The number of fused-ring (bicyclic) bond motifs is 3. The number of benzene rings is 2. The second-order valence-corrected chi connectivity index (χ2v) is 5.35. The summed E-state index contributed by atoms with van der Waals surface area (Å²) in [6, 6.07) is 12.9. The van der Waals surface area contributed by atoms with Crippen molar-refractivity contribution in [2.75, 3.05) is 0 Å². The molecule has 0 spiro atoms. The summed E-state index contributed by atoms with van der Waals surface area (Å²) in [5.41, 5.74) is 1.46. The van der Waals surface area contributed by atoms with Crippen LogP contribution in [0.5, 0.6) is 0 Å². The molecular formula is C16H9FN4OS. The van der Waals surface area contributed by atoms with Gasteiger partial charge >= 0.3 is 0 Å². The Labute approximate surface area is 134 Å². The van der Waals surface area contributed by atoms with Gasteiger partial charge in [0.1, 0.15) is 11.5 Å². The fraction of sp³-hybridized carbons (Fsp3) is 0. The summed E-state index contributed by atoms with van der Waals surface area (Å²) in [5, 5.41) is 5.05. The highest BCUT2D eigenvalue weighted by Crippen LogP contribution is 2.17. The molecule has 2 aromatic carbocycles. The van der Waals surface area contributed by atoms with Gasteiger partial charge in [-0.05, 0) is 48.6 Å². The number of nitrogens with zero attached hydrogens (tertiary/aromatic N) is 3. The predicted octanol–water partition coefficient (Wildman–Crippen LogP) is 3.11. The van der Waals surface area contributed by atoms with Crippen LogP contribution in [0.25, 0.3) is 27.8 Å².